The summed E-state index contributed by atoms with van der Waals surface area (Å²) in [6.45, 7) is 1.92. The predicted molar refractivity (Wildman–Crippen MR) is 79.7 cm³/mol. The molecular weight excluding hydrogens is 348 g/mol. The first-order chi connectivity index (χ1) is 8.79. The molecule has 19 heavy (non-hydrogen) atoms. The van der Waals surface area contributed by atoms with Crippen LogP contribution < -0.4 is 0 Å². The molecule has 0 unspecified atom stereocenters. The quantitative estimate of drug-likeness (QED) is 0.789. The third-order valence-electron chi connectivity index (χ3n) is 2.54. The number of hydrogen-bond donors (Lipinski definition) is 0. The Morgan fingerprint density at radius 1 is 1.26 bits per heavy atom. The summed E-state index contributed by atoms with van der Waals surface area (Å²) in [7, 11) is -3.31. The normalized spacial score (nSPS) is 11.5. The van der Waals surface area contributed by atoms with Crippen molar-refractivity contribution in [2.24, 2.45) is 0 Å². The maximum absolute atomic E-state index is 12.3. The minimum atomic E-state index is -3.31. The molecule has 0 aliphatic heterocycles. The van der Waals surface area contributed by atoms with Crippen molar-refractivity contribution >= 4 is 42.9 Å². The van der Waals surface area contributed by atoms with Crippen LogP contribution in [-0.4, -0.2) is 20.5 Å². The molecule has 0 N–H and O–H groups in total. The fourth-order valence-corrected chi connectivity index (χ4v) is 4.09. The Kier molecular flexibility index (Phi) is 3.94. The van der Waals surface area contributed by atoms with Gasteiger partial charge in [0.25, 0.3) is 0 Å². The molecule has 1 aromatic heterocycles. The Morgan fingerprint density at radius 3 is 2.47 bits per heavy atom. The van der Waals surface area contributed by atoms with E-state index < -0.39 is 9.84 Å². The highest BCUT2D eigenvalue weighted by atomic mass is 79.9. The Morgan fingerprint density at radius 2 is 1.95 bits per heavy atom. The van der Waals surface area contributed by atoms with E-state index in [-0.39, 0.29) is 10.7 Å². The van der Waals surface area contributed by atoms with E-state index in [0.717, 1.165) is 15.6 Å². The molecule has 1 heterocycles. The van der Waals surface area contributed by atoms with Crippen molar-refractivity contribution in [1.82, 2.24) is 0 Å². The fourth-order valence-electron chi connectivity index (χ4n) is 1.64. The zero-order chi connectivity index (χ0) is 14.2. The number of carbonyl (C=O) groups is 1. The van der Waals surface area contributed by atoms with Crippen LogP contribution in [0.3, 0.4) is 0 Å². The molecule has 0 bridgehead atoms. The minimum absolute atomic E-state index is 0.155. The molecular formula is C13H11BrO3S2. The van der Waals surface area contributed by atoms with Crippen LogP contribution in [0.1, 0.15) is 20.1 Å². The van der Waals surface area contributed by atoms with Gasteiger partial charge >= 0.3 is 0 Å². The molecule has 0 saturated heterocycles. The van der Waals surface area contributed by atoms with Crippen LogP contribution in [0.4, 0.5) is 0 Å². The van der Waals surface area contributed by atoms with Crippen molar-refractivity contribution in [3.63, 3.8) is 0 Å². The van der Waals surface area contributed by atoms with E-state index in [9.17, 15) is 13.2 Å². The van der Waals surface area contributed by atoms with Gasteiger partial charge in [-0.15, -0.1) is 11.3 Å². The topological polar surface area (TPSA) is 51.2 Å². The molecule has 0 aliphatic carbocycles. The predicted octanol–water partition coefficient (Wildman–Crippen LogP) is 3.45. The van der Waals surface area contributed by atoms with Gasteiger partial charge in [-0.25, -0.2) is 8.42 Å². The van der Waals surface area contributed by atoms with Crippen molar-refractivity contribution < 1.29 is 13.2 Å². The first kappa shape index (κ1) is 14.4. The molecule has 0 aliphatic rings. The van der Waals surface area contributed by atoms with Crippen LogP contribution in [0.5, 0.6) is 0 Å². The molecule has 6 heteroatoms. The summed E-state index contributed by atoms with van der Waals surface area (Å²) >= 11 is 4.73. The van der Waals surface area contributed by atoms with Gasteiger partial charge in [0.1, 0.15) is 0 Å². The molecule has 100 valence electrons. The summed E-state index contributed by atoms with van der Waals surface area (Å²) in [6.07, 6.45) is 1.13. The van der Waals surface area contributed by atoms with Gasteiger partial charge < -0.3 is 0 Å². The lowest BCUT2D eigenvalue weighted by Crippen LogP contribution is -2.03. The first-order valence-electron chi connectivity index (χ1n) is 5.40. The SMILES string of the molecule is Cc1cc(Br)c(C(=O)c2cccc(S(C)(=O)=O)c2)s1. The zero-order valence-corrected chi connectivity index (χ0v) is 13.5. The number of aryl methyl sites for hydroxylation is 1. The standard InChI is InChI=1S/C13H11BrO3S2/c1-8-6-11(14)13(18-8)12(15)9-4-3-5-10(7-9)19(2,16)17/h3-7H,1-2H3. The second-order valence-electron chi connectivity index (χ2n) is 4.16. The molecule has 2 aromatic rings. The van der Waals surface area contributed by atoms with Gasteiger partial charge in [-0.3, -0.25) is 4.79 Å². The Balaban J connectivity index is 2.48. The summed E-state index contributed by atoms with van der Waals surface area (Å²) in [5, 5.41) is 0. The van der Waals surface area contributed by atoms with Crippen LogP contribution in [0.15, 0.2) is 39.7 Å². The van der Waals surface area contributed by atoms with Gasteiger partial charge in [-0.2, -0.15) is 0 Å². The van der Waals surface area contributed by atoms with Crippen LogP contribution in [-0.2, 0) is 9.84 Å². The third kappa shape index (κ3) is 3.13. The summed E-state index contributed by atoms with van der Waals surface area (Å²) in [4.78, 5) is 14.1. The second-order valence-corrected chi connectivity index (χ2v) is 8.29. The van der Waals surface area contributed by atoms with Crippen molar-refractivity contribution in [3.05, 3.63) is 50.1 Å². The molecule has 2 rings (SSSR count). The number of carbonyl (C=O) groups excluding carboxylic acids is 1. The van der Waals surface area contributed by atoms with Crippen LogP contribution >= 0.6 is 27.3 Å². The van der Waals surface area contributed by atoms with Gasteiger partial charge in [0, 0.05) is 21.2 Å². The van der Waals surface area contributed by atoms with Crippen LogP contribution in [0, 0.1) is 6.92 Å². The van der Waals surface area contributed by atoms with Crippen molar-refractivity contribution in [1.29, 1.82) is 0 Å². The van der Waals surface area contributed by atoms with E-state index in [1.807, 2.05) is 13.0 Å². The number of thiophene rings is 1. The fraction of sp³-hybridized carbons (Fsp3) is 0.154. The molecule has 0 amide bonds. The maximum Gasteiger partial charge on any atom is 0.204 e. The number of benzene rings is 1. The first-order valence-corrected chi connectivity index (χ1v) is 8.90. The van der Waals surface area contributed by atoms with Crippen molar-refractivity contribution in [3.8, 4) is 0 Å². The van der Waals surface area contributed by atoms with E-state index in [1.165, 1.54) is 23.5 Å². The Hall–Kier alpha value is -0.980. The molecule has 0 saturated carbocycles. The van der Waals surface area contributed by atoms with Gasteiger partial charge in [-0.05, 0) is 41.1 Å². The average Bonchev–Trinajstić information content (AvgIpc) is 2.66. The second kappa shape index (κ2) is 5.19. The van der Waals surface area contributed by atoms with Gasteiger partial charge in [0.15, 0.2) is 9.84 Å². The van der Waals surface area contributed by atoms with Crippen LogP contribution in [0.25, 0.3) is 0 Å². The minimum Gasteiger partial charge on any atom is -0.288 e. The lowest BCUT2D eigenvalue weighted by Gasteiger charge is -2.02. The Bertz CT molecular complexity index is 745. The summed E-state index contributed by atoms with van der Waals surface area (Å²) < 4.78 is 23.7. The van der Waals surface area contributed by atoms with Crippen LogP contribution in [0.2, 0.25) is 0 Å². The summed E-state index contributed by atoms with van der Waals surface area (Å²) in [5.41, 5.74) is 0.380. The molecule has 0 spiro atoms. The lowest BCUT2D eigenvalue weighted by atomic mass is 10.1. The largest absolute Gasteiger partial charge is 0.288 e. The van der Waals surface area contributed by atoms with E-state index in [4.69, 9.17) is 0 Å². The van der Waals surface area contributed by atoms with Gasteiger partial charge in [-0.1, -0.05) is 12.1 Å². The molecule has 1 aromatic carbocycles. The van der Waals surface area contributed by atoms with Crippen molar-refractivity contribution in [2.45, 2.75) is 11.8 Å². The maximum atomic E-state index is 12.3. The number of rotatable bonds is 3. The molecule has 3 nitrogen and oxygen atoms in total. The smallest absolute Gasteiger partial charge is 0.204 e. The lowest BCUT2D eigenvalue weighted by molar-refractivity contribution is 0.104. The third-order valence-corrected chi connectivity index (χ3v) is 5.59. The van der Waals surface area contributed by atoms with E-state index in [0.29, 0.717) is 10.4 Å². The van der Waals surface area contributed by atoms with E-state index >= 15 is 0 Å². The van der Waals surface area contributed by atoms with E-state index in [1.54, 1.807) is 12.1 Å². The zero-order valence-electron chi connectivity index (χ0n) is 10.3. The van der Waals surface area contributed by atoms with Gasteiger partial charge in [0.2, 0.25) is 5.78 Å². The number of halogens is 1. The average molecular weight is 359 g/mol. The Labute approximate surface area is 124 Å². The van der Waals surface area contributed by atoms with E-state index in [2.05, 4.69) is 15.9 Å². The molecule has 0 atom stereocenters. The summed E-state index contributed by atoms with van der Waals surface area (Å²) in [5.74, 6) is -0.171. The van der Waals surface area contributed by atoms with Gasteiger partial charge in [0.05, 0.1) is 9.77 Å². The highest BCUT2D eigenvalue weighted by molar-refractivity contribution is 9.10. The number of hydrogen-bond acceptors (Lipinski definition) is 4. The molecule has 0 radical (unpaired) electrons. The molecule has 0 fully saturated rings. The van der Waals surface area contributed by atoms with Crippen molar-refractivity contribution in [2.75, 3.05) is 6.26 Å². The highest BCUT2D eigenvalue weighted by Crippen LogP contribution is 2.29. The summed E-state index contributed by atoms with van der Waals surface area (Å²) in [6, 6.07) is 7.98. The highest BCUT2D eigenvalue weighted by Gasteiger charge is 2.17. The number of sulfone groups is 1. The monoisotopic (exact) mass is 358 g/mol. The number of ketones is 1.